The highest BCUT2D eigenvalue weighted by Crippen LogP contribution is 2.34. The second kappa shape index (κ2) is 5.12. The molecule has 5 nitrogen and oxygen atoms in total. The Morgan fingerprint density at radius 2 is 2.33 bits per heavy atom. The Bertz CT molecular complexity index is 465. The standard InChI is InChI=1S/C12H16ClN3O2/c1-8(14)9-4-5-15(7-9)12-6-10(13)2-3-11(12)16(17)18/h2-3,6,8-9H,4-5,7,14H2,1H3. The highest BCUT2D eigenvalue weighted by atomic mass is 35.5. The third kappa shape index (κ3) is 2.57. The molecule has 2 atom stereocenters. The van der Waals surface area contributed by atoms with Gasteiger partial charge in [-0.3, -0.25) is 10.1 Å². The van der Waals surface area contributed by atoms with Gasteiger partial charge >= 0.3 is 0 Å². The molecule has 1 aliphatic heterocycles. The maximum Gasteiger partial charge on any atom is 0.292 e. The largest absolute Gasteiger partial charge is 0.366 e. The minimum absolute atomic E-state index is 0.102. The summed E-state index contributed by atoms with van der Waals surface area (Å²) in [6, 6.07) is 4.76. The van der Waals surface area contributed by atoms with Crippen LogP contribution in [0.15, 0.2) is 18.2 Å². The van der Waals surface area contributed by atoms with Crippen LogP contribution in [0.25, 0.3) is 0 Å². The number of nitrogens with two attached hydrogens (primary N) is 1. The third-order valence-electron chi connectivity index (χ3n) is 3.44. The first kappa shape index (κ1) is 13.1. The molecule has 1 fully saturated rings. The van der Waals surface area contributed by atoms with E-state index in [1.807, 2.05) is 11.8 Å². The molecule has 0 saturated carbocycles. The van der Waals surface area contributed by atoms with Crippen LogP contribution in [0.4, 0.5) is 11.4 Å². The van der Waals surface area contributed by atoms with Crippen molar-refractivity contribution in [2.45, 2.75) is 19.4 Å². The Hall–Kier alpha value is -1.33. The molecular formula is C12H16ClN3O2. The SMILES string of the molecule is CC(N)C1CCN(c2cc(Cl)ccc2[N+](=O)[O-])C1. The Morgan fingerprint density at radius 3 is 2.89 bits per heavy atom. The lowest BCUT2D eigenvalue weighted by atomic mass is 10.0. The molecule has 98 valence electrons. The van der Waals surface area contributed by atoms with E-state index >= 15 is 0 Å². The van der Waals surface area contributed by atoms with Gasteiger partial charge in [-0.25, -0.2) is 0 Å². The molecule has 1 aliphatic rings. The maximum absolute atomic E-state index is 11.0. The number of halogens is 1. The van der Waals surface area contributed by atoms with Crippen molar-refractivity contribution in [3.05, 3.63) is 33.3 Å². The summed E-state index contributed by atoms with van der Waals surface area (Å²) in [7, 11) is 0. The molecule has 2 rings (SSSR count). The fraction of sp³-hybridized carbons (Fsp3) is 0.500. The van der Waals surface area contributed by atoms with Crippen molar-refractivity contribution >= 4 is 23.0 Å². The van der Waals surface area contributed by atoms with E-state index in [9.17, 15) is 10.1 Å². The van der Waals surface area contributed by atoms with E-state index in [0.717, 1.165) is 19.5 Å². The van der Waals surface area contributed by atoms with Gasteiger partial charge in [0.05, 0.1) is 4.92 Å². The number of nitro groups is 1. The smallest absolute Gasteiger partial charge is 0.292 e. The number of anilines is 1. The lowest BCUT2D eigenvalue weighted by Gasteiger charge is -2.20. The van der Waals surface area contributed by atoms with Gasteiger partial charge in [0.2, 0.25) is 0 Å². The van der Waals surface area contributed by atoms with Crippen LogP contribution >= 0.6 is 11.6 Å². The van der Waals surface area contributed by atoms with Crippen molar-refractivity contribution < 1.29 is 4.92 Å². The number of benzene rings is 1. The molecule has 0 aromatic heterocycles. The summed E-state index contributed by atoms with van der Waals surface area (Å²) in [5.41, 5.74) is 6.57. The van der Waals surface area contributed by atoms with Crippen LogP contribution < -0.4 is 10.6 Å². The molecule has 0 radical (unpaired) electrons. The van der Waals surface area contributed by atoms with Crippen LogP contribution in [-0.4, -0.2) is 24.1 Å². The number of nitrogens with zero attached hydrogens (tertiary/aromatic N) is 2. The zero-order valence-corrected chi connectivity index (χ0v) is 10.9. The summed E-state index contributed by atoms with van der Waals surface area (Å²) < 4.78 is 0. The van der Waals surface area contributed by atoms with Gasteiger partial charge in [0.15, 0.2) is 0 Å². The Kier molecular flexibility index (Phi) is 3.73. The molecule has 0 amide bonds. The summed E-state index contributed by atoms with van der Waals surface area (Å²) in [5, 5.41) is 11.5. The zero-order valence-electron chi connectivity index (χ0n) is 10.2. The predicted molar refractivity (Wildman–Crippen MR) is 72.1 cm³/mol. The van der Waals surface area contributed by atoms with Gasteiger partial charge in [0, 0.05) is 30.2 Å². The van der Waals surface area contributed by atoms with Crippen molar-refractivity contribution in [3.8, 4) is 0 Å². The molecule has 1 aromatic rings. The molecule has 0 bridgehead atoms. The number of hydrogen-bond acceptors (Lipinski definition) is 4. The first-order valence-corrected chi connectivity index (χ1v) is 6.31. The van der Waals surface area contributed by atoms with E-state index in [4.69, 9.17) is 17.3 Å². The monoisotopic (exact) mass is 269 g/mol. The van der Waals surface area contributed by atoms with E-state index in [1.54, 1.807) is 12.1 Å². The Balaban J connectivity index is 2.28. The fourth-order valence-corrected chi connectivity index (χ4v) is 2.51. The lowest BCUT2D eigenvalue weighted by Crippen LogP contribution is -2.29. The van der Waals surface area contributed by atoms with Crippen molar-refractivity contribution in [3.63, 3.8) is 0 Å². The molecular weight excluding hydrogens is 254 g/mol. The topological polar surface area (TPSA) is 72.4 Å². The second-order valence-corrected chi connectivity index (χ2v) is 5.18. The average Bonchev–Trinajstić information content (AvgIpc) is 2.77. The summed E-state index contributed by atoms with van der Waals surface area (Å²) in [5.74, 6) is 0.378. The minimum Gasteiger partial charge on any atom is -0.366 e. The van der Waals surface area contributed by atoms with Crippen LogP contribution in [0.5, 0.6) is 0 Å². The van der Waals surface area contributed by atoms with Crippen molar-refractivity contribution in [2.24, 2.45) is 11.7 Å². The van der Waals surface area contributed by atoms with Crippen molar-refractivity contribution in [1.82, 2.24) is 0 Å². The molecule has 1 heterocycles. The first-order valence-electron chi connectivity index (χ1n) is 5.93. The zero-order chi connectivity index (χ0) is 13.3. The van der Waals surface area contributed by atoms with Gasteiger partial charge in [0.1, 0.15) is 5.69 Å². The van der Waals surface area contributed by atoms with Crippen LogP contribution in [0.1, 0.15) is 13.3 Å². The molecule has 1 aromatic carbocycles. The summed E-state index contributed by atoms with van der Waals surface area (Å²) >= 11 is 5.92. The minimum atomic E-state index is -0.370. The summed E-state index contributed by atoms with van der Waals surface area (Å²) in [4.78, 5) is 12.6. The van der Waals surface area contributed by atoms with Gasteiger partial charge in [-0.1, -0.05) is 11.6 Å². The Labute approximate surface area is 111 Å². The summed E-state index contributed by atoms with van der Waals surface area (Å²) in [6.45, 7) is 3.51. The van der Waals surface area contributed by atoms with Gasteiger partial charge in [-0.05, 0) is 31.4 Å². The molecule has 18 heavy (non-hydrogen) atoms. The summed E-state index contributed by atoms with van der Waals surface area (Å²) in [6.07, 6.45) is 0.960. The van der Waals surface area contributed by atoms with Crippen molar-refractivity contribution in [2.75, 3.05) is 18.0 Å². The molecule has 0 spiro atoms. The molecule has 0 aliphatic carbocycles. The van der Waals surface area contributed by atoms with Gasteiger partial charge in [-0.2, -0.15) is 0 Å². The number of nitro benzene ring substituents is 1. The first-order chi connectivity index (χ1) is 8.49. The normalized spacial score (nSPS) is 21.1. The average molecular weight is 270 g/mol. The van der Waals surface area contributed by atoms with Gasteiger partial charge in [-0.15, -0.1) is 0 Å². The fourth-order valence-electron chi connectivity index (χ4n) is 2.34. The van der Waals surface area contributed by atoms with Gasteiger partial charge < -0.3 is 10.6 Å². The van der Waals surface area contributed by atoms with Gasteiger partial charge in [0.25, 0.3) is 5.69 Å². The van der Waals surface area contributed by atoms with Crippen molar-refractivity contribution in [1.29, 1.82) is 0 Å². The molecule has 6 heteroatoms. The quantitative estimate of drug-likeness (QED) is 0.676. The highest BCUT2D eigenvalue weighted by Gasteiger charge is 2.29. The predicted octanol–water partition coefficient (Wildman–Crippen LogP) is 2.42. The van der Waals surface area contributed by atoms with Crippen LogP contribution in [0.3, 0.4) is 0 Å². The number of rotatable bonds is 3. The van der Waals surface area contributed by atoms with E-state index in [-0.39, 0.29) is 16.7 Å². The van der Waals surface area contributed by atoms with E-state index in [2.05, 4.69) is 0 Å². The van der Waals surface area contributed by atoms with E-state index < -0.39 is 0 Å². The number of hydrogen-bond donors (Lipinski definition) is 1. The van der Waals surface area contributed by atoms with E-state index in [0.29, 0.717) is 16.6 Å². The maximum atomic E-state index is 11.0. The van der Waals surface area contributed by atoms with E-state index in [1.165, 1.54) is 6.07 Å². The van der Waals surface area contributed by atoms with Crippen LogP contribution in [0, 0.1) is 16.0 Å². The lowest BCUT2D eigenvalue weighted by molar-refractivity contribution is -0.384. The second-order valence-electron chi connectivity index (χ2n) is 4.74. The molecule has 2 N–H and O–H groups in total. The third-order valence-corrected chi connectivity index (χ3v) is 3.68. The van der Waals surface area contributed by atoms with Crippen LogP contribution in [0.2, 0.25) is 5.02 Å². The Morgan fingerprint density at radius 1 is 1.61 bits per heavy atom. The van der Waals surface area contributed by atoms with Crippen LogP contribution in [-0.2, 0) is 0 Å². The molecule has 2 unspecified atom stereocenters. The highest BCUT2D eigenvalue weighted by molar-refractivity contribution is 6.31. The molecule has 1 saturated heterocycles.